The molecule has 0 spiro atoms. The van der Waals surface area contributed by atoms with Crippen LogP contribution in [0.2, 0.25) is 0 Å². The summed E-state index contributed by atoms with van der Waals surface area (Å²) in [5.74, 6) is -1.53. The summed E-state index contributed by atoms with van der Waals surface area (Å²) in [6, 6.07) is 0. The summed E-state index contributed by atoms with van der Waals surface area (Å²) in [6.07, 6.45) is 8.86. The summed E-state index contributed by atoms with van der Waals surface area (Å²) < 4.78 is 24.8. The summed E-state index contributed by atoms with van der Waals surface area (Å²) in [6.45, 7) is -0.160. The van der Waals surface area contributed by atoms with Crippen molar-refractivity contribution in [3.05, 3.63) is 48.6 Å². The third kappa shape index (κ3) is 6.32. The van der Waals surface area contributed by atoms with Crippen molar-refractivity contribution in [2.24, 2.45) is 0 Å². The molecule has 148 valence electrons. The molecular formula is C16H18N6O3S3. The van der Waals surface area contributed by atoms with E-state index in [1.807, 2.05) is 0 Å². The van der Waals surface area contributed by atoms with Gasteiger partial charge in [-0.1, -0.05) is 24.4 Å². The first-order valence-corrected chi connectivity index (χ1v) is 10.6. The molecule has 0 atom stereocenters. The number of carbonyl (C=O) groups is 1. The molecule has 0 aliphatic rings. The summed E-state index contributed by atoms with van der Waals surface area (Å²) in [7, 11) is -0.610. The molecule has 12 heteroatoms. The number of aromatic nitrogens is 4. The first-order chi connectivity index (χ1) is 13.2. The quantitative estimate of drug-likeness (QED) is 0.524. The number of hydrogen-bond donors (Lipinski definition) is 0. The predicted molar refractivity (Wildman–Crippen MR) is 112 cm³/mol. The Morgan fingerprint density at radius 3 is 1.89 bits per heavy atom. The number of sulfone groups is 1. The van der Waals surface area contributed by atoms with E-state index in [-0.39, 0.29) is 11.5 Å². The third-order valence-electron chi connectivity index (χ3n) is 3.44. The van der Waals surface area contributed by atoms with E-state index in [1.165, 1.54) is 54.0 Å². The largest absolute Gasteiger partial charge is 0.357 e. The van der Waals surface area contributed by atoms with Gasteiger partial charge in [-0.25, -0.2) is 8.42 Å². The van der Waals surface area contributed by atoms with Crippen LogP contribution in [0.5, 0.6) is 0 Å². The van der Waals surface area contributed by atoms with E-state index in [9.17, 15) is 13.2 Å². The van der Waals surface area contributed by atoms with Crippen LogP contribution < -0.4 is 0 Å². The Kier molecular flexibility index (Phi) is 7.54. The molecule has 0 aromatic carbocycles. The number of thiocarbonyl (C=S) groups is 2. The van der Waals surface area contributed by atoms with Crippen molar-refractivity contribution < 1.29 is 13.2 Å². The number of carbonyl (C=O) groups excluding carboxylic acids is 1. The summed E-state index contributed by atoms with van der Waals surface area (Å²) >= 11 is 10.5. The molecule has 0 bridgehead atoms. The molecule has 2 rings (SSSR count). The highest BCUT2D eigenvalue weighted by Gasteiger charge is 2.23. The molecule has 0 aliphatic heterocycles. The molecule has 28 heavy (non-hydrogen) atoms. The first kappa shape index (κ1) is 21.9. The average Bonchev–Trinajstić information content (AvgIpc) is 2.67. The lowest BCUT2D eigenvalue weighted by Gasteiger charge is -2.20. The number of nitrogens with zero attached hydrogens (tertiary/aromatic N) is 6. The van der Waals surface area contributed by atoms with Crippen molar-refractivity contribution in [1.82, 2.24) is 29.7 Å². The fourth-order valence-electron chi connectivity index (χ4n) is 2.24. The van der Waals surface area contributed by atoms with Crippen molar-refractivity contribution in [2.45, 2.75) is 0 Å². The second kappa shape index (κ2) is 9.66. The van der Waals surface area contributed by atoms with Crippen LogP contribution in [-0.2, 0) is 14.6 Å². The van der Waals surface area contributed by atoms with Gasteiger partial charge in [-0.3, -0.25) is 24.7 Å². The van der Waals surface area contributed by atoms with Crippen molar-refractivity contribution in [2.75, 3.05) is 32.3 Å². The molecule has 0 saturated heterocycles. The highest BCUT2D eigenvalue weighted by molar-refractivity contribution is 7.92. The van der Waals surface area contributed by atoms with Crippen LogP contribution in [0.25, 0.3) is 0 Å². The maximum absolute atomic E-state index is 12.4. The van der Waals surface area contributed by atoms with Gasteiger partial charge in [0, 0.05) is 38.9 Å². The number of Topliss-reactive ketones (excluding diaryl/α,β-unsaturated/α-hetero) is 1. The van der Waals surface area contributed by atoms with E-state index in [4.69, 9.17) is 24.4 Å². The second-order valence-electron chi connectivity index (χ2n) is 5.90. The van der Waals surface area contributed by atoms with Crippen LogP contribution in [0.15, 0.2) is 37.2 Å². The highest BCUT2D eigenvalue weighted by atomic mass is 32.2. The van der Waals surface area contributed by atoms with E-state index < -0.39 is 27.3 Å². The molecule has 0 radical (unpaired) electrons. The lowest BCUT2D eigenvalue weighted by Crippen LogP contribution is -2.38. The Hall–Kier alpha value is -2.44. The first-order valence-electron chi connectivity index (χ1n) is 7.94. The summed E-state index contributed by atoms with van der Waals surface area (Å²) in [5.41, 5.74) is 0.820. The van der Waals surface area contributed by atoms with Crippen LogP contribution >= 0.6 is 24.4 Å². The minimum absolute atomic E-state index is 0.160. The Balaban J connectivity index is 1.93. The van der Waals surface area contributed by atoms with Crippen LogP contribution in [0.4, 0.5) is 0 Å². The Labute approximate surface area is 173 Å². The third-order valence-corrected chi connectivity index (χ3v) is 6.03. The molecule has 0 unspecified atom stereocenters. The van der Waals surface area contributed by atoms with E-state index in [1.54, 1.807) is 7.05 Å². The minimum Gasteiger partial charge on any atom is -0.357 e. The monoisotopic (exact) mass is 438 g/mol. The maximum Gasteiger partial charge on any atom is 0.175 e. The van der Waals surface area contributed by atoms with Gasteiger partial charge in [-0.05, 0) is 0 Å². The van der Waals surface area contributed by atoms with Crippen LogP contribution in [0.1, 0.15) is 11.4 Å². The average molecular weight is 439 g/mol. The van der Waals surface area contributed by atoms with Crippen LogP contribution in [0, 0.1) is 0 Å². The Morgan fingerprint density at radius 2 is 1.43 bits per heavy atom. The molecular weight excluding hydrogens is 420 g/mol. The normalized spacial score (nSPS) is 10.9. The molecule has 9 nitrogen and oxygen atoms in total. The molecule has 0 aliphatic carbocycles. The van der Waals surface area contributed by atoms with Gasteiger partial charge in [-0.2, -0.15) is 0 Å². The number of ketones is 1. The minimum atomic E-state index is -3.73. The number of hydrogen-bond acceptors (Lipinski definition) is 9. The molecule has 2 aromatic rings. The molecule has 0 amide bonds. The zero-order valence-corrected chi connectivity index (χ0v) is 17.7. The number of likely N-dealkylation sites (N-methyl/N-ethyl adjacent to an activating group) is 1. The smallest absolute Gasteiger partial charge is 0.175 e. The second-order valence-corrected chi connectivity index (χ2v) is 8.71. The summed E-state index contributed by atoms with van der Waals surface area (Å²) in [4.78, 5) is 31.5. The standard InChI is InChI=1S/C16H18N6O3S3/c1-21(15(26)13-7-17-3-5-19-13)9-12(23)10-28(24,25)11-22(2)16(27)14-8-18-4-6-20-14/h3-8H,9-11H2,1-2H3. The number of rotatable bonds is 8. The van der Waals surface area contributed by atoms with Crippen molar-refractivity contribution in [1.29, 1.82) is 0 Å². The van der Waals surface area contributed by atoms with E-state index in [0.29, 0.717) is 16.4 Å². The lowest BCUT2D eigenvalue weighted by molar-refractivity contribution is -0.116. The van der Waals surface area contributed by atoms with E-state index in [2.05, 4.69) is 19.9 Å². The van der Waals surface area contributed by atoms with Crippen molar-refractivity contribution >= 4 is 50.0 Å². The molecule has 0 N–H and O–H groups in total. The van der Waals surface area contributed by atoms with Crippen LogP contribution in [-0.4, -0.2) is 86.2 Å². The van der Waals surface area contributed by atoms with Gasteiger partial charge < -0.3 is 9.80 Å². The van der Waals surface area contributed by atoms with Gasteiger partial charge in [0.15, 0.2) is 15.6 Å². The highest BCUT2D eigenvalue weighted by Crippen LogP contribution is 2.05. The van der Waals surface area contributed by atoms with E-state index >= 15 is 0 Å². The Bertz CT molecular complexity index is 954. The van der Waals surface area contributed by atoms with Crippen molar-refractivity contribution in [3.8, 4) is 0 Å². The zero-order valence-electron chi connectivity index (χ0n) is 15.2. The maximum atomic E-state index is 12.4. The van der Waals surface area contributed by atoms with Gasteiger partial charge in [0.2, 0.25) is 0 Å². The molecule has 0 saturated carbocycles. The van der Waals surface area contributed by atoms with Crippen molar-refractivity contribution in [3.63, 3.8) is 0 Å². The zero-order chi connectivity index (χ0) is 20.7. The molecule has 2 heterocycles. The van der Waals surface area contributed by atoms with Gasteiger partial charge >= 0.3 is 0 Å². The van der Waals surface area contributed by atoms with Crippen LogP contribution in [0.3, 0.4) is 0 Å². The topological polar surface area (TPSA) is 109 Å². The van der Waals surface area contributed by atoms with Gasteiger partial charge in [0.25, 0.3) is 0 Å². The molecule has 2 aromatic heterocycles. The van der Waals surface area contributed by atoms with E-state index in [0.717, 1.165) is 0 Å². The molecule has 0 fully saturated rings. The summed E-state index contributed by atoms with van der Waals surface area (Å²) in [5, 5.41) is 0. The van der Waals surface area contributed by atoms with Gasteiger partial charge in [-0.15, -0.1) is 0 Å². The SMILES string of the molecule is CN(CC(=O)CS(=O)(=O)CN(C)C(=S)c1cnccn1)C(=S)c1cnccn1. The fourth-order valence-corrected chi connectivity index (χ4v) is 4.05. The fraction of sp³-hybridized carbons (Fsp3) is 0.312. The predicted octanol–water partition coefficient (Wildman–Crippen LogP) is 0.123. The Morgan fingerprint density at radius 1 is 0.929 bits per heavy atom. The lowest BCUT2D eigenvalue weighted by atomic mass is 10.3. The van der Waals surface area contributed by atoms with Gasteiger partial charge in [0.1, 0.15) is 33.0 Å². The van der Waals surface area contributed by atoms with Gasteiger partial charge in [0.05, 0.1) is 18.9 Å².